The van der Waals surface area contributed by atoms with Gasteiger partial charge in [-0.1, -0.05) is 30.0 Å². The van der Waals surface area contributed by atoms with E-state index in [1.54, 1.807) is 6.07 Å². The van der Waals surface area contributed by atoms with Gasteiger partial charge in [-0.05, 0) is 30.3 Å². The third-order valence-corrected chi connectivity index (χ3v) is 4.77. The molecule has 1 saturated heterocycles. The normalized spacial score (nSPS) is 23.3. The van der Waals surface area contributed by atoms with Crippen LogP contribution in [-0.2, 0) is 4.74 Å². The minimum atomic E-state index is -0.900. The Balaban J connectivity index is 1.78. The fourth-order valence-corrected chi connectivity index (χ4v) is 3.45. The van der Waals surface area contributed by atoms with E-state index in [9.17, 15) is 20.6 Å². The fourth-order valence-electron chi connectivity index (χ4n) is 2.52. The van der Waals surface area contributed by atoms with Gasteiger partial charge in [-0.2, -0.15) is 0 Å². The van der Waals surface area contributed by atoms with Gasteiger partial charge in [0, 0.05) is 21.9 Å². The molecule has 0 aromatic heterocycles. The van der Waals surface area contributed by atoms with E-state index < -0.39 is 18.4 Å². The monoisotopic (exact) mass is 363 g/mol. The number of ether oxygens (including phenoxy) is 1. The highest BCUT2D eigenvalue weighted by atomic mass is 32.2. The highest BCUT2D eigenvalue weighted by Crippen LogP contribution is 2.33. The Morgan fingerprint density at radius 3 is 2.52 bits per heavy atom. The van der Waals surface area contributed by atoms with Gasteiger partial charge in [0.05, 0.1) is 18.4 Å². The van der Waals surface area contributed by atoms with Crippen molar-refractivity contribution >= 4 is 23.1 Å². The van der Waals surface area contributed by atoms with Crippen LogP contribution in [0.4, 0.5) is 11.4 Å². The first-order chi connectivity index (χ1) is 12.0. The summed E-state index contributed by atoms with van der Waals surface area (Å²) in [5.41, 5.74) is 0.652. The molecule has 0 spiro atoms. The molecule has 134 valence electrons. The molecule has 1 heterocycles. The van der Waals surface area contributed by atoms with E-state index in [-0.39, 0.29) is 23.9 Å². The SMILES string of the molecule is [O-]N(O)c1cc(N[C@@H]2C[C@@H](O)[C@H](O)CO2)cc(Sc2ccccc2)c1. The molecular formula is C17H19N2O5S-. The quantitative estimate of drug-likeness (QED) is 0.600. The summed E-state index contributed by atoms with van der Waals surface area (Å²) in [7, 11) is 0. The molecule has 3 atom stereocenters. The lowest BCUT2D eigenvalue weighted by Gasteiger charge is -2.32. The fraction of sp³-hybridized carbons (Fsp3) is 0.294. The maximum absolute atomic E-state index is 11.3. The van der Waals surface area contributed by atoms with Crippen molar-refractivity contribution in [2.75, 3.05) is 17.2 Å². The van der Waals surface area contributed by atoms with E-state index in [0.717, 1.165) is 9.79 Å². The lowest BCUT2D eigenvalue weighted by molar-refractivity contribution is -0.112. The lowest BCUT2D eigenvalue weighted by Crippen LogP contribution is -2.44. The molecule has 2 aromatic rings. The van der Waals surface area contributed by atoms with Gasteiger partial charge in [-0.15, -0.1) is 0 Å². The number of hydrogen-bond donors (Lipinski definition) is 4. The first kappa shape index (κ1) is 18.0. The van der Waals surface area contributed by atoms with Crippen molar-refractivity contribution in [3.05, 3.63) is 53.7 Å². The van der Waals surface area contributed by atoms with Crippen molar-refractivity contribution in [1.82, 2.24) is 0 Å². The summed E-state index contributed by atoms with van der Waals surface area (Å²) >= 11 is 1.45. The summed E-state index contributed by atoms with van der Waals surface area (Å²) in [4.78, 5) is 1.76. The van der Waals surface area contributed by atoms with E-state index in [1.165, 1.54) is 17.8 Å². The number of aliphatic hydroxyl groups is 2. The third kappa shape index (κ3) is 4.85. The molecule has 0 radical (unpaired) electrons. The Hall–Kier alpha value is -1.81. The zero-order valence-electron chi connectivity index (χ0n) is 13.3. The number of nitrogens with one attached hydrogen (secondary N) is 1. The van der Waals surface area contributed by atoms with Gasteiger partial charge < -0.3 is 30.7 Å². The molecule has 0 unspecified atom stereocenters. The van der Waals surface area contributed by atoms with Crippen LogP contribution in [0, 0.1) is 5.21 Å². The van der Waals surface area contributed by atoms with Crippen molar-refractivity contribution in [1.29, 1.82) is 0 Å². The molecule has 0 saturated carbocycles. The van der Waals surface area contributed by atoms with Crippen molar-refractivity contribution in [2.24, 2.45) is 0 Å². The van der Waals surface area contributed by atoms with Crippen LogP contribution in [0.25, 0.3) is 0 Å². The van der Waals surface area contributed by atoms with Crippen LogP contribution >= 0.6 is 11.8 Å². The molecule has 8 heteroatoms. The summed E-state index contributed by atoms with van der Waals surface area (Å²) in [6, 6.07) is 14.5. The van der Waals surface area contributed by atoms with E-state index in [1.807, 2.05) is 36.4 Å². The minimum absolute atomic E-state index is 0.0256. The summed E-state index contributed by atoms with van der Waals surface area (Å²) in [5, 5.41) is 42.7. The van der Waals surface area contributed by atoms with Crippen molar-refractivity contribution in [3.8, 4) is 0 Å². The number of aliphatic hydroxyl groups excluding tert-OH is 2. The summed E-state index contributed by atoms with van der Waals surface area (Å²) in [6.45, 7) is 0.0256. The second kappa shape index (κ2) is 8.05. The second-order valence-electron chi connectivity index (χ2n) is 5.74. The molecule has 7 nitrogen and oxygen atoms in total. The van der Waals surface area contributed by atoms with E-state index in [2.05, 4.69) is 5.32 Å². The average molecular weight is 363 g/mol. The highest BCUT2D eigenvalue weighted by molar-refractivity contribution is 7.99. The standard InChI is InChI=1S/C17H19N2O5S/c20-15-9-17(24-10-16(15)21)18-11-6-12(19(22)23)8-14(7-11)25-13-4-2-1-3-5-13/h1-8,15-18,20-22H,9-10H2/q-1/t15-,16-,17+/m1/s1. The molecular weight excluding hydrogens is 344 g/mol. The van der Waals surface area contributed by atoms with E-state index >= 15 is 0 Å². The van der Waals surface area contributed by atoms with Crippen molar-refractivity contribution < 1.29 is 20.2 Å². The van der Waals surface area contributed by atoms with Crippen LogP contribution in [0.5, 0.6) is 0 Å². The second-order valence-corrected chi connectivity index (χ2v) is 6.89. The first-order valence-electron chi connectivity index (χ1n) is 7.79. The van der Waals surface area contributed by atoms with Crippen molar-refractivity contribution in [3.63, 3.8) is 0 Å². The van der Waals surface area contributed by atoms with Gasteiger partial charge in [0.1, 0.15) is 12.3 Å². The molecule has 0 aliphatic carbocycles. The van der Waals surface area contributed by atoms with Gasteiger partial charge in [-0.25, -0.2) is 0 Å². The molecule has 4 N–H and O–H groups in total. The minimum Gasteiger partial charge on any atom is -0.733 e. The molecule has 25 heavy (non-hydrogen) atoms. The van der Waals surface area contributed by atoms with Crippen LogP contribution in [0.3, 0.4) is 0 Å². The highest BCUT2D eigenvalue weighted by Gasteiger charge is 2.28. The largest absolute Gasteiger partial charge is 0.733 e. The van der Waals surface area contributed by atoms with Gasteiger partial charge in [0.15, 0.2) is 0 Å². The topological polar surface area (TPSA) is 108 Å². The molecule has 2 aromatic carbocycles. The zero-order valence-corrected chi connectivity index (χ0v) is 14.1. The van der Waals surface area contributed by atoms with Gasteiger partial charge >= 0.3 is 0 Å². The summed E-state index contributed by atoms with van der Waals surface area (Å²) < 4.78 is 5.44. The van der Waals surface area contributed by atoms with Crippen LogP contribution in [-0.4, -0.2) is 40.5 Å². The Labute approximate surface area is 149 Å². The molecule has 1 aliphatic heterocycles. The van der Waals surface area contributed by atoms with Crippen molar-refractivity contribution in [2.45, 2.75) is 34.6 Å². The number of anilines is 2. The molecule has 3 rings (SSSR count). The van der Waals surface area contributed by atoms with E-state index in [4.69, 9.17) is 4.74 Å². The number of rotatable bonds is 5. The number of benzene rings is 2. The molecule has 0 amide bonds. The maximum atomic E-state index is 11.3. The maximum Gasteiger partial charge on any atom is 0.130 e. The van der Waals surface area contributed by atoms with Crippen LogP contribution in [0.15, 0.2) is 58.3 Å². The first-order valence-corrected chi connectivity index (χ1v) is 8.61. The zero-order chi connectivity index (χ0) is 17.8. The van der Waals surface area contributed by atoms with Gasteiger partial charge in [0.25, 0.3) is 0 Å². The predicted molar refractivity (Wildman–Crippen MR) is 94.6 cm³/mol. The molecule has 0 bridgehead atoms. The molecule has 1 fully saturated rings. The Kier molecular flexibility index (Phi) is 5.79. The smallest absolute Gasteiger partial charge is 0.130 e. The van der Waals surface area contributed by atoms with Gasteiger partial charge in [0.2, 0.25) is 0 Å². The average Bonchev–Trinajstić information content (AvgIpc) is 2.59. The number of hydrogen-bond acceptors (Lipinski definition) is 8. The predicted octanol–water partition coefficient (Wildman–Crippen LogP) is 2.41. The Morgan fingerprint density at radius 1 is 1.08 bits per heavy atom. The lowest BCUT2D eigenvalue weighted by atomic mass is 10.1. The number of nitrogens with zero attached hydrogens (tertiary/aromatic N) is 1. The van der Waals surface area contributed by atoms with Crippen LogP contribution in [0.1, 0.15) is 6.42 Å². The van der Waals surface area contributed by atoms with Crippen LogP contribution < -0.4 is 10.5 Å². The van der Waals surface area contributed by atoms with E-state index in [0.29, 0.717) is 5.69 Å². The third-order valence-electron chi connectivity index (χ3n) is 3.79. The Morgan fingerprint density at radius 2 is 1.84 bits per heavy atom. The van der Waals surface area contributed by atoms with Gasteiger partial charge in [-0.3, -0.25) is 5.21 Å². The summed E-state index contributed by atoms with van der Waals surface area (Å²) in [5.74, 6) is 0. The van der Waals surface area contributed by atoms with Crippen LogP contribution in [0.2, 0.25) is 0 Å². The summed E-state index contributed by atoms with van der Waals surface area (Å²) in [6.07, 6.45) is -2.06. The molecule has 1 aliphatic rings. The Bertz CT molecular complexity index is 701.